The lowest BCUT2D eigenvalue weighted by atomic mass is 9.77. The highest BCUT2D eigenvalue weighted by Crippen LogP contribution is 2.37. The molecule has 0 spiro atoms. The molecule has 2 heterocycles. The first-order valence-electron chi connectivity index (χ1n) is 16.5. The molecule has 1 aromatic heterocycles. The Bertz CT molecular complexity index is 994. The molecule has 0 unspecified atom stereocenters. The number of carbonyl (C=O) groups is 1. The Kier molecular flexibility index (Phi) is 13.6. The third-order valence-electron chi connectivity index (χ3n) is 8.88. The van der Waals surface area contributed by atoms with Crippen molar-refractivity contribution in [2.45, 2.75) is 129 Å². The Morgan fingerprint density at radius 1 is 0.780 bits per heavy atom. The quantitative estimate of drug-likeness (QED) is 0.115. The van der Waals surface area contributed by atoms with E-state index in [1.807, 2.05) is 24.5 Å². The van der Waals surface area contributed by atoms with Crippen molar-refractivity contribution in [3.8, 4) is 17.1 Å². The number of hydrogen-bond acceptors (Lipinski definition) is 6. The Labute approximate surface area is 248 Å². The highest BCUT2D eigenvalue weighted by atomic mass is 16.7. The molecule has 226 valence electrons. The van der Waals surface area contributed by atoms with Crippen LogP contribution in [0.5, 0.6) is 5.75 Å². The fourth-order valence-electron chi connectivity index (χ4n) is 6.15. The van der Waals surface area contributed by atoms with Crippen LogP contribution in [0.25, 0.3) is 11.4 Å². The van der Waals surface area contributed by atoms with Crippen molar-refractivity contribution in [2.24, 2.45) is 11.8 Å². The van der Waals surface area contributed by atoms with Crippen molar-refractivity contribution in [3.05, 3.63) is 42.2 Å². The van der Waals surface area contributed by atoms with Crippen molar-refractivity contribution in [1.29, 1.82) is 0 Å². The average Bonchev–Trinajstić information content (AvgIpc) is 3.02. The number of aromatic nitrogens is 2. The number of benzene rings is 1. The fraction of sp³-hybridized carbons (Fsp3) is 0.686. The van der Waals surface area contributed by atoms with Gasteiger partial charge in [-0.2, -0.15) is 0 Å². The second-order valence-electron chi connectivity index (χ2n) is 12.2. The van der Waals surface area contributed by atoms with Crippen molar-refractivity contribution in [3.63, 3.8) is 0 Å². The zero-order valence-electron chi connectivity index (χ0n) is 25.5. The molecule has 0 radical (unpaired) electrons. The van der Waals surface area contributed by atoms with Gasteiger partial charge in [-0.3, -0.25) is 4.79 Å². The molecule has 6 nitrogen and oxygen atoms in total. The van der Waals surface area contributed by atoms with Crippen molar-refractivity contribution < 1.29 is 19.0 Å². The molecule has 0 N–H and O–H groups in total. The molecule has 6 heteroatoms. The summed E-state index contributed by atoms with van der Waals surface area (Å²) in [5.74, 6) is 1.97. The molecule has 41 heavy (non-hydrogen) atoms. The minimum absolute atomic E-state index is 0.203. The topological polar surface area (TPSA) is 70.5 Å². The molecule has 1 aliphatic carbocycles. The summed E-state index contributed by atoms with van der Waals surface area (Å²) in [6, 6.07) is 7.42. The molecule has 1 aromatic carbocycles. The summed E-state index contributed by atoms with van der Waals surface area (Å²) in [6.45, 7) is 5.14. The third kappa shape index (κ3) is 10.5. The van der Waals surface area contributed by atoms with Gasteiger partial charge in [0, 0.05) is 18.0 Å². The van der Waals surface area contributed by atoms with E-state index >= 15 is 0 Å². The zero-order chi connectivity index (χ0) is 28.7. The molecular weight excluding hydrogens is 512 g/mol. The molecular formula is C35H52N2O4. The molecule has 2 aromatic rings. The lowest BCUT2D eigenvalue weighted by molar-refractivity contribution is -0.208. The predicted molar refractivity (Wildman–Crippen MR) is 164 cm³/mol. The van der Waals surface area contributed by atoms with E-state index in [0.717, 1.165) is 30.7 Å². The van der Waals surface area contributed by atoms with E-state index in [-0.39, 0.29) is 12.3 Å². The smallest absolute Gasteiger partial charge is 0.319 e. The minimum Gasteiger partial charge on any atom is -0.426 e. The second kappa shape index (κ2) is 17.6. The van der Waals surface area contributed by atoms with Gasteiger partial charge < -0.3 is 14.2 Å². The lowest BCUT2D eigenvalue weighted by Gasteiger charge is -2.28. The fourth-order valence-corrected chi connectivity index (χ4v) is 6.15. The summed E-state index contributed by atoms with van der Waals surface area (Å²) in [6.07, 6.45) is 24.5. The van der Waals surface area contributed by atoms with Gasteiger partial charge in [-0.25, -0.2) is 9.97 Å². The monoisotopic (exact) mass is 564 g/mol. The van der Waals surface area contributed by atoms with E-state index in [9.17, 15) is 4.79 Å². The van der Waals surface area contributed by atoms with E-state index in [1.165, 1.54) is 89.0 Å². The third-order valence-corrected chi connectivity index (χ3v) is 8.88. The molecule has 1 saturated carbocycles. The lowest BCUT2D eigenvalue weighted by Crippen LogP contribution is -2.38. The number of ether oxygens (including phenoxy) is 3. The van der Waals surface area contributed by atoms with Crippen LogP contribution in [-0.4, -0.2) is 35.4 Å². The molecule has 0 amide bonds. The standard InChI is InChI=1S/C35H52N2O4/c1-3-5-7-8-9-10-12-13-27-15-17-28(18-16-27)30-23-36-34(37-24-30)29-19-21-32(22-20-29)41-35(38)31-25-39-33(40-26-31)14-11-6-4-2/h19-24,27-28,31,33H,3-18,25-26H2,1-2H3/t27-,28-,31?,33?. The van der Waals surface area contributed by atoms with Gasteiger partial charge in [0.2, 0.25) is 0 Å². The molecule has 2 fully saturated rings. The molecule has 4 rings (SSSR count). The number of hydrogen-bond donors (Lipinski definition) is 0. The van der Waals surface area contributed by atoms with Gasteiger partial charge in [0.25, 0.3) is 0 Å². The van der Waals surface area contributed by atoms with Crippen molar-refractivity contribution in [2.75, 3.05) is 13.2 Å². The van der Waals surface area contributed by atoms with Gasteiger partial charge in [0.15, 0.2) is 12.1 Å². The van der Waals surface area contributed by atoms with Crippen LogP contribution >= 0.6 is 0 Å². The van der Waals surface area contributed by atoms with E-state index in [4.69, 9.17) is 14.2 Å². The maximum absolute atomic E-state index is 12.6. The normalized spacial score (nSPS) is 22.9. The Hall–Kier alpha value is -2.31. The van der Waals surface area contributed by atoms with Crippen LogP contribution in [0.15, 0.2) is 36.7 Å². The number of unbranched alkanes of at least 4 members (excludes halogenated alkanes) is 8. The van der Waals surface area contributed by atoms with Crippen LogP contribution in [0.2, 0.25) is 0 Å². The first-order valence-corrected chi connectivity index (χ1v) is 16.5. The molecule has 0 bridgehead atoms. The van der Waals surface area contributed by atoms with Gasteiger partial charge in [-0.15, -0.1) is 0 Å². The highest BCUT2D eigenvalue weighted by Gasteiger charge is 2.29. The van der Waals surface area contributed by atoms with Crippen LogP contribution in [0.3, 0.4) is 0 Å². The van der Waals surface area contributed by atoms with Crippen molar-refractivity contribution in [1.82, 2.24) is 9.97 Å². The Balaban J connectivity index is 1.16. The van der Waals surface area contributed by atoms with Gasteiger partial charge in [-0.05, 0) is 80.2 Å². The molecule has 2 aliphatic rings. The van der Waals surface area contributed by atoms with Gasteiger partial charge >= 0.3 is 5.97 Å². The zero-order valence-corrected chi connectivity index (χ0v) is 25.5. The largest absolute Gasteiger partial charge is 0.426 e. The number of nitrogens with zero attached hydrogens (tertiary/aromatic N) is 2. The van der Waals surface area contributed by atoms with E-state index < -0.39 is 5.92 Å². The van der Waals surface area contributed by atoms with Crippen LogP contribution < -0.4 is 4.74 Å². The first-order chi connectivity index (χ1) is 20.2. The van der Waals surface area contributed by atoms with Gasteiger partial charge in [0.1, 0.15) is 11.7 Å². The van der Waals surface area contributed by atoms with E-state index in [0.29, 0.717) is 30.7 Å². The van der Waals surface area contributed by atoms with Crippen LogP contribution in [-0.2, 0) is 14.3 Å². The SMILES string of the molecule is CCCCCCCCC[C@H]1CC[C@H](c2cnc(-c3ccc(OC(=O)C4COC(CCCCC)OC4)cc3)nc2)CC1. The molecule has 1 saturated heterocycles. The maximum atomic E-state index is 12.6. The Morgan fingerprint density at radius 3 is 2.02 bits per heavy atom. The Morgan fingerprint density at radius 2 is 1.37 bits per heavy atom. The van der Waals surface area contributed by atoms with E-state index in [1.54, 1.807) is 12.1 Å². The minimum atomic E-state index is -0.400. The van der Waals surface area contributed by atoms with Gasteiger partial charge in [-0.1, -0.05) is 78.1 Å². The highest BCUT2D eigenvalue weighted by molar-refractivity contribution is 5.75. The summed E-state index contributed by atoms with van der Waals surface area (Å²) in [4.78, 5) is 22.0. The van der Waals surface area contributed by atoms with Gasteiger partial charge in [0.05, 0.1) is 13.2 Å². The summed E-state index contributed by atoms with van der Waals surface area (Å²) in [5.41, 5.74) is 2.17. The number of carbonyl (C=O) groups excluding carboxylic acids is 1. The van der Waals surface area contributed by atoms with E-state index in [2.05, 4.69) is 23.8 Å². The number of rotatable bonds is 16. The van der Waals surface area contributed by atoms with Crippen LogP contribution in [0, 0.1) is 11.8 Å². The second-order valence-corrected chi connectivity index (χ2v) is 12.2. The summed E-state index contributed by atoms with van der Waals surface area (Å²) in [7, 11) is 0. The number of esters is 1. The summed E-state index contributed by atoms with van der Waals surface area (Å²) >= 11 is 0. The molecule has 0 atom stereocenters. The van der Waals surface area contributed by atoms with Crippen LogP contribution in [0.4, 0.5) is 0 Å². The first kappa shape index (κ1) is 31.6. The summed E-state index contributed by atoms with van der Waals surface area (Å²) < 4.78 is 17.0. The maximum Gasteiger partial charge on any atom is 0.319 e. The summed E-state index contributed by atoms with van der Waals surface area (Å²) in [5, 5.41) is 0. The van der Waals surface area contributed by atoms with Crippen molar-refractivity contribution >= 4 is 5.97 Å². The van der Waals surface area contributed by atoms with Crippen LogP contribution in [0.1, 0.15) is 128 Å². The molecule has 1 aliphatic heterocycles. The predicted octanol–water partition coefficient (Wildman–Crippen LogP) is 9.03. The average molecular weight is 565 g/mol.